The maximum Gasteiger partial charge on any atom is 0.416 e. The summed E-state index contributed by atoms with van der Waals surface area (Å²) in [5.74, 6) is 0. The lowest BCUT2D eigenvalue weighted by molar-refractivity contribution is -0.138. The first-order chi connectivity index (χ1) is 9.34. The van der Waals surface area contributed by atoms with Crippen molar-refractivity contribution in [3.8, 4) is 11.1 Å². The van der Waals surface area contributed by atoms with Crippen LogP contribution >= 0.6 is 39.1 Å². The van der Waals surface area contributed by atoms with E-state index in [0.717, 1.165) is 6.07 Å². The first-order valence-corrected chi connectivity index (χ1v) is 7.43. The molecule has 0 fully saturated rings. The van der Waals surface area contributed by atoms with Crippen molar-refractivity contribution < 1.29 is 13.2 Å². The number of hydrogen-bond donors (Lipinski definition) is 0. The minimum Gasteiger partial charge on any atom is -0.166 e. The van der Waals surface area contributed by atoms with Gasteiger partial charge in [-0.25, -0.2) is 0 Å². The summed E-state index contributed by atoms with van der Waals surface area (Å²) in [6.07, 6.45) is -4.39. The van der Waals surface area contributed by atoms with Crippen LogP contribution in [0.4, 0.5) is 13.2 Å². The van der Waals surface area contributed by atoms with Crippen molar-refractivity contribution in [2.75, 3.05) is 0 Å². The van der Waals surface area contributed by atoms with E-state index in [1.54, 1.807) is 24.3 Å². The molecule has 0 heterocycles. The Bertz CT molecular complexity index is 639. The van der Waals surface area contributed by atoms with Crippen LogP contribution in [0.1, 0.15) is 11.1 Å². The highest BCUT2D eigenvalue weighted by atomic mass is 79.9. The summed E-state index contributed by atoms with van der Waals surface area (Å²) in [5, 5.41) is 0.767. The molecule has 20 heavy (non-hydrogen) atoms. The lowest BCUT2D eigenvalue weighted by Crippen LogP contribution is -2.09. The van der Waals surface area contributed by atoms with E-state index in [0.29, 0.717) is 21.2 Å². The Balaban J connectivity index is 2.65. The third-order valence-corrected chi connectivity index (χ3v) is 4.15. The third-order valence-electron chi connectivity index (χ3n) is 2.85. The molecular weight excluding hydrogens is 376 g/mol. The van der Waals surface area contributed by atoms with Gasteiger partial charge >= 0.3 is 6.18 Å². The maximum atomic E-state index is 13.0. The van der Waals surface area contributed by atoms with Crippen LogP contribution in [0, 0.1) is 0 Å². The van der Waals surface area contributed by atoms with Gasteiger partial charge in [-0.05, 0) is 34.9 Å². The zero-order valence-corrected chi connectivity index (χ0v) is 13.0. The molecule has 0 nitrogen and oxygen atoms in total. The molecule has 0 aliphatic carbocycles. The molecule has 0 aliphatic rings. The molecule has 2 aromatic carbocycles. The Kier molecular flexibility index (Phi) is 4.67. The monoisotopic (exact) mass is 382 g/mol. The van der Waals surface area contributed by atoms with Gasteiger partial charge in [0.1, 0.15) is 0 Å². The molecule has 0 atom stereocenters. The van der Waals surface area contributed by atoms with Crippen molar-refractivity contribution in [2.45, 2.75) is 11.5 Å². The SMILES string of the molecule is FC(F)(F)c1cccc(-c2ccc(Cl)c(Cl)c2)c1CBr. The van der Waals surface area contributed by atoms with Crippen LogP contribution < -0.4 is 0 Å². The molecule has 0 bridgehead atoms. The normalized spacial score (nSPS) is 11.7. The summed E-state index contributed by atoms with van der Waals surface area (Å²) in [6, 6.07) is 8.86. The van der Waals surface area contributed by atoms with Crippen LogP contribution in [-0.2, 0) is 11.5 Å². The van der Waals surface area contributed by atoms with Crippen LogP contribution in [0.2, 0.25) is 10.0 Å². The van der Waals surface area contributed by atoms with Gasteiger partial charge < -0.3 is 0 Å². The van der Waals surface area contributed by atoms with Crippen molar-refractivity contribution in [2.24, 2.45) is 0 Å². The van der Waals surface area contributed by atoms with Gasteiger partial charge in [0.05, 0.1) is 15.6 Å². The van der Waals surface area contributed by atoms with Crippen molar-refractivity contribution in [3.63, 3.8) is 0 Å². The third kappa shape index (κ3) is 3.13. The molecule has 0 saturated carbocycles. The lowest BCUT2D eigenvalue weighted by Gasteiger charge is -2.15. The molecule has 0 spiro atoms. The minimum atomic E-state index is -4.39. The molecule has 2 aromatic rings. The van der Waals surface area contributed by atoms with Crippen LogP contribution in [0.3, 0.4) is 0 Å². The van der Waals surface area contributed by atoms with Gasteiger partial charge in [0.2, 0.25) is 0 Å². The molecule has 0 N–H and O–H groups in total. The van der Waals surface area contributed by atoms with Gasteiger partial charge in [-0.3, -0.25) is 0 Å². The van der Waals surface area contributed by atoms with Gasteiger partial charge in [0.25, 0.3) is 0 Å². The van der Waals surface area contributed by atoms with Crippen molar-refractivity contribution in [3.05, 3.63) is 57.6 Å². The molecule has 2 rings (SSSR count). The fraction of sp³-hybridized carbons (Fsp3) is 0.143. The van der Waals surface area contributed by atoms with E-state index in [1.807, 2.05) is 0 Å². The summed E-state index contributed by atoms with van der Waals surface area (Å²) >= 11 is 14.9. The number of alkyl halides is 4. The molecule has 0 radical (unpaired) electrons. The average Bonchev–Trinajstić information content (AvgIpc) is 2.40. The molecule has 0 amide bonds. The van der Waals surface area contributed by atoms with Gasteiger partial charge in [-0.15, -0.1) is 0 Å². The Morgan fingerprint density at radius 3 is 2.25 bits per heavy atom. The topological polar surface area (TPSA) is 0 Å². The molecule has 0 aromatic heterocycles. The van der Waals surface area contributed by atoms with Gasteiger partial charge in [0.15, 0.2) is 0 Å². The maximum absolute atomic E-state index is 13.0. The Labute approximate surface area is 132 Å². The fourth-order valence-electron chi connectivity index (χ4n) is 1.93. The predicted molar refractivity (Wildman–Crippen MR) is 79.5 cm³/mol. The van der Waals surface area contributed by atoms with E-state index in [1.165, 1.54) is 6.07 Å². The zero-order chi connectivity index (χ0) is 14.9. The van der Waals surface area contributed by atoms with Gasteiger partial charge in [0, 0.05) is 5.33 Å². The zero-order valence-electron chi connectivity index (χ0n) is 9.94. The van der Waals surface area contributed by atoms with Crippen LogP contribution in [0.25, 0.3) is 11.1 Å². The Morgan fingerprint density at radius 1 is 1.00 bits per heavy atom. The minimum absolute atomic E-state index is 0.0955. The summed E-state index contributed by atoms with van der Waals surface area (Å²) in [5.41, 5.74) is 0.603. The molecule has 106 valence electrons. The largest absolute Gasteiger partial charge is 0.416 e. The second-order valence-corrected chi connectivity index (χ2v) is 5.47. The smallest absolute Gasteiger partial charge is 0.166 e. The van der Waals surface area contributed by atoms with Gasteiger partial charge in [-0.1, -0.05) is 57.3 Å². The average molecular weight is 384 g/mol. The molecule has 6 heteroatoms. The number of halogens is 6. The molecular formula is C14H8BrCl2F3. The molecule has 0 saturated heterocycles. The molecule has 0 aliphatic heterocycles. The van der Waals surface area contributed by atoms with Crippen LogP contribution in [-0.4, -0.2) is 0 Å². The summed E-state index contributed by atoms with van der Waals surface area (Å²) in [7, 11) is 0. The summed E-state index contributed by atoms with van der Waals surface area (Å²) in [4.78, 5) is 0. The highest BCUT2D eigenvalue weighted by molar-refractivity contribution is 9.08. The summed E-state index contributed by atoms with van der Waals surface area (Å²) < 4.78 is 39.0. The first-order valence-electron chi connectivity index (χ1n) is 5.55. The highest BCUT2D eigenvalue weighted by Gasteiger charge is 2.33. The Morgan fingerprint density at radius 2 is 1.70 bits per heavy atom. The number of benzene rings is 2. The van der Waals surface area contributed by atoms with E-state index in [-0.39, 0.29) is 10.9 Å². The van der Waals surface area contributed by atoms with Crippen LogP contribution in [0.5, 0.6) is 0 Å². The van der Waals surface area contributed by atoms with E-state index < -0.39 is 11.7 Å². The lowest BCUT2D eigenvalue weighted by atomic mass is 9.96. The summed E-state index contributed by atoms with van der Waals surface area (Å²) in [6.45, 7) is 0. The standard InChI is InChI=1S/C14H8BrCl2F3/c15-7-10-9(2-1-3-11(10)14(18,19)20)8-4-5-12(16)13(17)6-8/h1-6H,7H2. The Hall–Kier alpha value is -0.710. The van der Waals surface area contributed by atoms with Crippen molar-refractivity contribution >= 4 is 39.1 Å². The highest BCUT2D eigenvalue weighted by Crippen LogP contribution is 2.38. The quantitative estimate of drug-likeness (QED) is 0.514. The molecule has 0 unspecified atom stereocenters. The van der Waals surface area contributed by atoms with Crippen molar-refractivity contribution in [1.82, 2.24) is 0 Å². The van der Waals surface area contributed by atoms with E-state index in [9.17, 15) is 13.2 Å². The number of rotatable bonds is 2. The van der Waals surface area contributed by atoms with Crippen molar-refractivity contribution in [1.29, 1.82) is 0 Å². The second-order valence-electron chi connectivity index (χ2n) is 4.09. The van der Waals surface area contributed by atoms with Gasteiger partial charge in [-0.2, -0.15) is 13.2 Å². The van der Waals surface area contributed by atoms with E-state index in [4.69, 9.17) is 23.2 Å². The van der Waals surface area contributed by atoms with E-state index in [2.05, 4.69) is 15.9 Å². The van der Waals surface area contributed by atoms with E-state index >= 15 is 0 Å². The fourth-order valence-corrected chi connectivity index (χ4v) is 2.83. The predicted octanol–water partition coefficient (Wildman–Crippen LogP) is 6.57. The number of hydrogen-bond acceptors (Lipinski definition) is 0. The van der Waals surface area contributed by atoms with Crippen LogP contribution in [0.15, 0.2) is 36.4 Å². The first kappa shape index (κ1) is 15.7. The second kappa shape index (κ2) is 5.96.